The second-order valence-electron chi connectivity index (χ2n) is 6.05. The Morgan fingerprint density at radius 3 is 2.76 bits per heavy atom. The first-order valence-corrected chi connectivity index (χ1v) is 8.83. The van der Waals surface area contributed by atoms with Gasteiger partial charge in [0.05, 0.1) is 4.90 Å². The topological polar surface area (TPSA) is 75.4 Å². The predicted octanol–water partition coefficient (Wildman–Crippen LogP) is 1.51. The molecule has 1 heterocycles. The van der Waals surface area contributed by atoms with Gasteiger partial charge >= 0.3 is 0 Å². The molecule has 0 amide bonds. The molecule has 1 aliphatic heterocycles. The third-order valence-corrected chi connectivity index (χ3v) is 5.91. The second-order valence-corrected chi connectivity index (χ2v) is 7.75. The van der Waals surface area contributed by atoms with E-state index in [0.29, 0.717) is 28.6 Å². The van der Waals surface area contributed by atoms with Gasteiger partial charge in [-0.05, 0) is 63.4 Å². The number of anilines is 1. The fraction of sp³-hybridized carbons (Fsp3) is 0.600. The lowest BCUT2D eigenvalue weighted by Crippen LogP contribution is -2.39. The number of sulfonamides is 1. The minimum atomic E-state index is -3.51. The molecule has 0 aliphatic carbocycles. The summed E-state index contributed by atoms with van der Waals surface area (Å²) < 4.78 is 27.9. The van der Waals surface area contributed by atoms with Crippen molar-refractivity contribution in [1.82, 2.24) is 9.62 Å². The maximum atomic E-state index is 12.6. The number of nitrogens with one attached hydrogen (secondary N) is 1. The standard InChI is InChI=1S/C15H25N3O2S/c1-11-6-7-14(16)12(2)15(11)21(19,20)17-9-13-5-4-8-18(3)10-13/h6-7,13,17H,4-5,8-10,16H2,1-3H3. The Morgan fingerprint density at radius 2 is 2.10 bits per heavy atom. The van der Waals surface area contributed by atoms with Crippen LogP contribution in [0.15, 0.2) is 17.0 Å². The van der Waals surface area contributed by atoms with E-state index < -0.39 is 10.0 Å². The van der Waals surface area contributed by atoms with Crippen LogP contribution in [0.2, 0.25) is 0 Å². The molecule has 5 nitrogen and oxygen atoms in total. The Labute approximate surface area is 127 Å². The summed E-state index contributed by atoms with van der Waals surface area (Å²) in [5, 5.41) is 0. The van der Waals surface area contributed by atoms with Crippen molar-refractivity contribution in [3.8, 4) is 0 Å². The first-order chi connectivity index (χ1) is 9.81. The largest absolute Gasteiger partial charge is 0.398 e. The quantitative estimate of drug-likeness (QED) is 0.827. The van der Waals surface area contributed by atoms with Gasteiger partial charge in [0.25, 0.3) is 0 Å². The number of rotatable bonds is 4. The summed E-state index contributed by atoms with van der Waals surface area (Å²) >= 11 is 0. The molecule has 1 saturated heterocycles. The van der Waals surface area contributed by atoms with Crippen LogP contribution in [-0.2, 0) is 10.0 Å². The van der Waals surface area contributed by atoms with Crippen molar-refractivity contribution in [1.29, 1.82) is 0 Å². The van der Waals surface area contributed by atoms with Gasteiger partial charge < -0.3 is 10.6 Å². The lowest BCUT2D eigenvalue weighted by Gasteiger charge is -2.29. The molecule has 2 rings (SSSR count). The monoisotopic (exact) mass is 311 g/mol. The van der Waals surface area contributed by atoms with Crippen LogP contribution in [0.4, 0.5) is 5.69 Å². The molecule has 0 saturated carbocycles. The molecule has 0 bridgehead atoms. The molecule has 0 radical (unpaired) electrons. The molecule has 1 aliphatic rings. The molecule has 1 aromatic carbocycles. The summed E-state index contributed by atoms with van der Waals surface area (Å²) in [7, 11) is -1.43. The van der Waals surface area contributed by atoms with Gasteiger partial charge in [-0.2, -0.15) is 0 Å². The number of hydrogen-bond acceptors (Lipinski definition) is 4. The van der Waals surface area contributed by atoms with Crippen molar-refractivity contribution in [2.24, 2.45) is 5.92 Å². The molecule has 118 valence electrons. The molecule has 1 fully saturated rings. The maximum absolute atomic E-state index is 12.6. The van der Waals surface area contributed by atoms with E-state index in [1.165, 1.54) is 0 Å². The first kappa shape index (κ1) is 16.3. The van der Waals surface area contributed by atoms with Crippen LogP contribution in [0.1, 0.15) is 24.0 Å². The number of nitrogens with zero attached hydrogens (tertiary/aromatic N) is 1. The summed E-state index contributed by atoms with van der Waals surface area (Å²) in [6.45, 7) is 6.08. The number of nitrogen functional groups attached to an aromatic ring is 1. The molecule has 0 aromatic heterocycles. The summed E-state index contributed by atoms with van der Waals surface area (Å²) in [4.78, 5) is 2.58. The number of aryl methyl sites for hydroxylation is 1. The van der Waals surface area contributed by atoms with E-state index in [9.17, 15) is 8.42 Å². The Balaban J connectivity index is 2.14. The second kappa shape index (κ2) is 6.34. The van der Waals surface area contributed by atoms with E-state index in [-0.39, 0.29) is 0 Å². The number of hydrogen-bond donors (Lipinski definition) is 2. The third-order valence-electron chi connectivity index (χ3n) is 4.20. The normalized spacial score (nSPS) is 20.6. The van der Waals surface area contributed by atoms with E-state index in [0.717, 1.165) is 31.5 Å². The van der Waals surface area contributed by atoms with Gasteiger partial charge in [0.2, 0.25) is 10.0 Å². The maximum Gasteiger partial charge on any atom is 0.241 e. The van der Waals surface area contributed by atoms with E-state index in [2.05, 4.69) is 16.7 Å². The zero-order valence-corrected chi connectivity index (χ0v) is 13.8. The Morgan fingerprint density at radius 1 is 1.38 bits per heavy atom. The van der Waals surface area contributed by atoms with Crippen LogP contribution in [-0.4, -0.2) is 40.0 Å². The minimum absolute atomic E-state index is 0.326. The van der Waals surface area contributed by atoms with Gasteiger partial charge in [0, 0.05) is 18.8 Å². The molecule has 6 heteroatoms. The molecule has 21 heavy (non-hydrogen) atoms. The van der Waals surface area contributed by atoms with Crippen LogP contribution < -0.4 is 10.5 Å². The molecular formula is C15H25N3O2S. The number of benzene rings is 1. The van der Waals surface area contributed by atoms with Gasteiger partial charge in [-0.15, -0.1) is 0 Å². The number of piperidine rings is 1. The molecule has 1 atom stereocenters. The Kier molecular flexibility index (Phi) is 4.91. The van der Waals surface area contributed by atoms with E-state index in [4.69, 9.17) is 5.73 Å². The molecule has 3 N–H and O–H groups in total. The lowest BCUT2D eigenvalue weighted by atomic mass is 9.99. The zero-order valence-electron chi connectivity index (χ0n) is 13.0. The van der Waals surface area contributed by atoms with Gasteiger partial charge in [0.15, 0.2) is 0 Å². The zero-order chi connectivity index (χ0) is 15.6. The van der Waals surface area contributed by atoms with Crippen molar-refractivity contribution in [2.45, 2.75) is 31.6 Å². The van der Waals surface area contributed by atoms with Crippen molar-refractivity contribution >= 4 is 15.7 Å². The van der Waals surface area contributed by atoms with Crippen LogP contribution in [0, 0.1) is 19.8 Å². The van der Waals surface area contributed by atoms with Gasteiger partial charge in [-0.3, -0.25) is 0 Å². The average Bonchev–Trinajstić information content (AvgIpc) is 2.41. The van der Waals surface area contributed by atoms with Crippen molar-refractivity contribution in [3.05, 3.63) is 23.3 Å². The fourth-order valence-electron chi connectivity index (χ4n) is 3.00. The first-order valence-electron chi connectivity index (χ1n) is 7.35. The molecular weight excluding hydrogens is 286 g/mol. The highest BCUT2D eigenvalue weighted by Crippen LogP contribution is 2.25. The van der Waals surface area contributed by atoms with Crippen LogP contribution in [0.25, 0.3) is 0 Å². The van der Waals surface area contributed by atoms with E-state index in [1.54, 1.807) is 26.0 Å². The summed E-state index contributed by atoms with van der Waals surface area (Å²) in [5.74, 6) is 0.375. The predicted molar refractivity (Wildman–Crippen MR) is 85.7 cm³/mol. The highest BCUT2D eigenvalue weighted by atomic mass is 32.2. The smallest absolute Gasteiger partial charge is 0.241 e. The van der Waals surface area contributed by atoms with E-state index >= 15 is 0 Å². The summed E-state index contributed by atoms with van der Waals surface area (Å²) in [5.41, 5.74) is 7.72. The summed E-state index contributed by atoms with van der Waals surface area (Å²) in [6.07, 6.45) is 2.20. The fourth-order valence-corrected chi connectivity index (χ4v) is 4.61. The van der Waals surface area contributed by atoms with Crippen molar-refractivity contribution < 1.29 is 8.42 Å². The van der Waals surface area contributed by atoms with Gasteiger partial charge in [0.1, 0.15) is 0 Å². The minimum Gasteiger partial charge on any atom is -0.398 e. The average molecular weight is 311 g/mol. The summed E-state index contributed by atoms with van der Waals surface area (Å²) in [6, 6.07) is 3.51. The van der Waals surface area contributed by atoms with Crippen LogP contribution in [0.3, 0.4) is 0 Å². The van der Waals surface area contributed by atoms with Crippen molar-refractivity contribution in [2.75, 3.05) is 32.4 Å². The van der Waals surface area contributed by atoms with Crippen LogP contribution in [0.5, 0.6) is 0 Å². The number of likely N-dealkylation sites (tertiary alicyclic amines) is 1. The van der Waals surface area contributed by atoms with E-state index in [1.807, 2.05) is 0 Å². The highest BCUT2D eigenvalue weighted by molar-refractivity contribution is 7.89. The molecule has 1 aromatic rings. The molecule has 0 spiro atoms. The van der Waals surface area contributed by atoms with Crippen LogP contribution >= 0.6 is 0 Å². The SMILES string of the molecule is Cc1ccc(N)c(C)c1S(=O)(=O)NCC1CCCN(C)C1. The van der Waals surface area contributed by atoms with Crippen molar-refractivity contribution in [3.63, 3.8) is 0 Å². The number of nitrogens with two attached hydrogens (primary N) is 1. The third kappa shape index (κ3) is 3.75. The Hall–Kier alpha value is -1.11. The van der Waals surface area contributed by atoms with Gasteiger partial charge in [-0.25, -0.2) is 13.1 Å². The molecule has 1 unspecified atom stereocenters. The Bertz CT molecular complexity index is 614. The lowest BCUT2D eigenvalue weighted by molar-refractivity contribution is 0.211. The van der Waals surface area contributed by atoms with Gasteiger partial charge in [-0.1, -0.05) is 6.07 Å². The highest BCUT2D eigenvalue weighted by Gasteiger charge is 2.23.